The maximum Gasteiger partial charge on any atom is 0.255 e. The minimum Gasteiger partial charge on any atom is -0.342 e. The summed E-state index contributed by atoms with van der Waals surface area (Å²) in [6, 6.07) is 1.67. The molecule has 0 aliphatic carbocycles. The summed E-state index contributed by atoms with van der Waals surface area (Å²) in [7, 11) is 0. The van der Waals surface area contributed by atoms with Crippen LogP contribution in [-0.4, -0.2) is 58.0 Å². The van der Waals surface area contributed by atoms with Crippen LogP contribution in [-0.2, 0) is 4.79 Å². The van der Waals surface area contributed by atoms with Crippen LogP contribution in [0.5, 0.6) is 0 Å². The molecule has 1 aromatic rings. The van der Waals surface area contributed by atoms with Gasteiger partial charge in [-0.3, -0.25) is 9.59 Å². The molecule has 6 heteroatoms. The molecule has 1 spiro atoms. The Morgan fingerprint density at radius 1 is 1.33 bits per heavy atom. The lowest BCUT2D eigenvalue weighted by molar-refractivity contribution is -0.138. The standard InChI is InChI=1S/C15H20N4O2/c1-2-18-9-6-15(14(18)21)5-3-8-19(11-15)13(20)12-4-7-16-17-10-12/h4,7,10H,2-3,5-6,8-9,11H2,1H3/t15-/m0/s1. The highest BCUT2D eigenvalue weighted by Gasteiger charge is 2.49. The third-order valence-corrected chi connectivity index (χ3v) is 4.68. The van der Waals surface area contributed by atoms with Crippen molar-refractivity contribution in [2.45, 2.75) is 26.2 Å². The number of rotatable bonds is 2. The summed E-state index contributed by atoms with van der Waals surface area (Å²) in [5.41, 5.74) is 0.185. The molecule has 0 unspecified atom stereocenters. The summed E-state index contributed by atoms with van der Waals surface area (Å²) in [6.45, 7) is 4.81. The average Bonchev–Trinajstić information content (AvgIpc) is 2.84. The Balaban J connectivity index is 1.78. The van der Waals surface area contributed by atoms with E-state index in [-0.39, 0.29) is 17.2 Å². The molecule has 2 amide bonds. The Morgan fingerprint density at radius 3 is 2.86 bits per heavy atom. The van der Waals surface area contributed by atoms with E-state index in [0.29, 0.717) is 18.7 Å². The van der Waals surface area contributed by atoms with E-state index in [9.17, 15) is 9.59 Å². The van der Waals surface area contributed by atoms with Crippen molar-refractivity contribution in [3.05, 3.63) is 24.0 Å². The number of hydrogen-bond acceptors (Lipinski definition) is 4. The molecule has 0 bridgehead atoms. The first kappa shape index (κ1) is 14.0. The van der Waals surface area contributed by atoms with Crippen LogP contribution in [0.4, 0.5) is 0 Å². The first-order valence-electron chi connectivity index (χ1n) is 7.52. The summed E-state index contributed by atoms with van der Waals surface area (Å²) in [6.07, 6.45) is 5.64. The normalized spacial score (nSPS) is 25.7. The molecule has 1 aromatic heterocycles. The first-order valence-corrected chi connectivity index (χ1v) is 7.52. The molecule has 0 aromatic carbocycles. The highest BCUT2D eigenvalue weighted by atomic mass is 16.2. The molecule has 2 aliphatic heterocycles. The zero-order valence-corrected chi connectivity index (χ0v) is 12.3. The van der Waals surface area contributed by atoms with E-state index in [0.717, 1.165) is 32.4 Å². The van der Waals surface area contributed by atoms with Crippen LogP contribution < -0.4 is 0 Å². The van der Waals surface area contributed by atoms with Crippen LogP contribution in [0.2, 0.25) is 0 Å². The molecule has 3 rings (SSSR count). The zero-order valence-electron chi connectivity index (χ0n) is 12.3. The Bertz CT molecular complexity index is 548. The molecular formula is C15H20N4O2. The molecule has 2 fully saturated rings. The van der Waals surface area contributed by atoms with Crippen molar-refractivity contribution in [3.8, 4) is 0 Å². The van der Waals surface area contributed by atoms with Gasteiger partial charge < -0.3 is 9.80 Å². The minimum atomic E-state index is -0.357. The second-order valence-corrected chi connectivity index (χ2v) is 5.88. The Labute approximate surface area is 124 Å². The molecule has 0 N–H and O–H groups in total. The number of likely N-dealkylation sites (tertiary alicyclic amines) is 2. The molecule has 0 radical (unpaired) electrons. The molecule has 112 valence electrons. The monoisotopic (exact) mass is 288 g/mol. The number of amides is 2. The molecule has 6 nitrogen and oxygen atoms in total. The van der Waals surface area contributed by atoms with Crippen molar-refractivity contribution in [2.75, 3.05) is 26.2 Å². The Hall–Kier alpha value is -1.98. The van der Waals surface area contributed by atoms with Gasteiger partial charge in [0.15, 0.2) is 0 Å². The van der Waals surface area contributed by atoms with Gasteiger partial charge in [0.2, 0.25) is 5.91 Å². The predicted molar refractivity (Wildman–Crippen MR) is 76.5 cm³/mol. The van der Waals surface area contributed by atoms with Crippen LogP contribution in [0, 0.1) is 5.41 Å². The first-order chi connectivity index (χ1) is 10.2. The molecule has 2 saturated heterocycles. The fourth-order valence-electron chi connectivity index (χ4n) is 3.48. The molecular weight excluding hydrogens is 268 g/mol. The molecule has 3 heterocycles. The van der Waals surface area contributed by atoms with E-state index in [1.165, 1.54) is 12.4 Å². The number of piperidine rings is 1. The van der Waals surface area contributed by atoms with Crippen LogP contribution in [0.25, 0.3) is 0 Å². The van der Waals surface area contributed by atoms with Crippen LogP contribution in [0.15, 0.2) is 18.5 Å². The third kappa shape index (κ3) is 2.39. The van der Waals surface area contributed by atoms with Gasteiger partial charge in [-0.05, 0) is 32.3 Å². The van der Waals surface area contributed by atoms with Crippen LogP contribution >= 0.6 is 0 Å². The van der Waals surface area contributed by atoms with Gasteiger partial charge in [0.05, 0.1) is 23.4 Å². The van der Waals surface area contributed by atoms with Crippen molar-refractivity contribution in [2.24, 2.45) is 5.41 Å². The van der Waals surface area contributed by atoms with Crippen molar-refractivity contribution in [1.82, 2.24) is 20.0 Å². The second-order valence-electron chi connectivity index (χ2n) is 5.88. The van der Waals surface area contributed by atoms with Crippen molar-refractivity contribution < 1.29 is 9.59 Å². The number of carbonyl (C=O) groups is 2. The average molecular weight is 288 g/mol. The maximum atomic E-state index is 12.6. The summed E-state index contributed by atoms with van der Waals surface area (Å²) in [5.74, 6) is 0.169. The highest BCUT2D eigenvalue weighted by molar-refractivity contribution is 5.94. The lowest BCUT2D eigenvalue weighted by atomic mass is 9.78. The fraction of sp³-hybridized carbons (Fsp3) is 0.600. The van der Waals surface area contributed by atoms with Gasteiger partial charge in [0.1, 0.15) is 0 Å². The topological polar surface area (TPSA) is 66.4 Å². The SMILES string of the molecule is CCN1CC[C@]2(CCCN(C(=O)c3ccnnc3)C2)C1=O. The van der Waals surface area contributed by atoms with E-state index in [1.807, 2.05) is 11.8 Å². The van der Waals surface area contributed by atoms with E-state index < -0.39 is 0 Å². The molecule has 0 saturated carbocycles. The number of aromatic nitrogens is 2. The molecule has 21 heavy (non-hydrogen) atoms. The van der Waals surface area contributed by atoms with Crippen molar-refractivity contribution >= 4 is 11.8 Å². The molecule has 1 atom stereocenters. The molecule has 2 aliphatic rings. The highest BCUT2D eigenvalue weighted by Crippen LogP contribution is 2.40. The Kier molecular flexibility index (Phi) is 3.61. The van der Waals surface area contributed by atoms with Gasteiger partial charge in [0.25, 0.3) is 5.91 Å². The fourth-order valence-corrected chi connectivity index (χ4v) is 3.48. The van der Waals surface area contributed by atoms with E-state index in [2.05, 4.69) is 10.2 Å². The quantitative estimate of drug-likeness (QED) is 0.812. The third-order valence-electron chi connectivity index (χ3n) is 4.68. The number of carbonyl (C=O) groups excluding carboxylic acids is 2. The van der Waals surface area contributed by atoms with Crippen molar-refractivity contribution in [3.63, 3.8) is 0 Å². The minimum absolute atomic E-state index is 0.0493. The van der Waals surface area contributed by atoms with Crippen LogP contribution in [0.1, 0.15) is 36.5 Å². The van der Waals surface area contributed by atoms with Gasteiger partial charge in [-0.2, -0.15) is 10.2 Å². The summed E-state index contributed by atoms with van der Waals surface area (Å²) in [5, 5.41) is 7.45. The van der Waals surface area contributed by atoms with Gasteiger partial charge in [-0.15, -0.1) is 0 Å². The summed E-state index contributed by atoms with van der Waals surface area (Å²) in [4.78, 5) is 28.8. The van der Waals surface area contributed by atoms with Gasteiger partial charge in [-0.1, -0.05) is 0 Å². The summed E-state index contributed by atoms with van der Waals surface area (Å²) >= 11 is 0. The van der Waals surface area contributed by atoms with E-state index in [1.54, 1.807) is 11.0 Å². The maximum absolute atomic E-state index is 12.6. The largest absolute Gasteiger partial charge is 0.342 e. The van der Waals surface area contributed by atoms with Crippen molar-refractivity contribution in [1.29, 1.82) is 0 Å². The van der Waals surface area contributed by atoms with Gasteiger partial charge in [0, 0.05) is 26.2 Å². The van der Waals surface area contributed by atoms with Gasteiger partial charge >= 0.3 is 0 Å². The number of nitrogens with zero attached hydrogens (tertiary/aromatic N) is 4. The van der Waals surface area contributed by atoms with E-state index in [4.69, 9.17) is 0 Å². The van der Waals surface area contributed by atoms with Crippen LogP contribution in [0.3, 0.4) is 0 Å². The Morgan fingerprint density at radius 2 is 2.19 bits per heavy atom. The lowest BCUT2D eigenvalue weighted by Gasteiger charge is -2.39. The number of hydrogen-bond donors (Lipinski definition) is 0. The van der Waals surface area contributed by atoms with E-state index >= 15 is 0 Å². The predicted octanol–water partition coefficient (Wildman–Crippen LogP) is 0.951. The lowest BCUT2D eigenvalue weighted by Crippen LogP contribution is -2.49. The second kappa shape index (κ2) is 5.42. The van der Waals surface area contributed by atoms with Gasteiger partial charge in [-0.25, -0.2) is 0 Å². The smallest absolute Gasteiger partial charge is 0.255 e. The zero-order chi connectivity index (χ0) is 14.9. The summed E-state index contributed by atoms with van der Waals surface area (Å²) < 4.78 is 0.